The van der Waals surface area contributed by atoms with Gasteiger partial charge in [0.1, 0.15) is 23.9 Å². The van der Waals surface area contributed by atoms with Gasteiger partial charge in [0.15, 0.2) is 11.6 Å². The highest BCUT2D eigenvalue weighted by Crippen LogP contribution is 2.24. The summed E-state index contributed by atoms with van der Waals surface area (Å²) in [5, 5.41) is 5.55. The molecule has 0 aliphatic carbocycles. The zero-order chi connectivity index (χ0) is 22.9. The number of aryl methyl sites for hydroxylation is 1. The van der Waals surface area contributed by atoms with E-state index in [1.54, 1.807) is 23.5 Å². The van der Waals surface area contributed by atoms with Crippen LogP contribution in [-0.2, 0) is 24.2 Å². The predicted octanol–water partition coefficient (Wildman–Crippen LogP) is 3.68. The fourth-order valence-corrected chi connectivity index (χ4v) is 4.81. The average molecular weight is 467 g/mol. The summed E-state index contributed by atoms with van der Waals surface area (Å²) in [6.45, 7) is 3.15. The van der Waals surface area contributed by atoms with Crippen molar-refractivity contribution < 1.29 is 13.6 Å². The molecule has 0 unspecified atom stereocenters. The smallest absolute Gasteiger partial charge is 0.244 e. The van der Waals surface area contributed by atoms with Gasteiger partial charge in [-0.25, -0.2) is 28.4 Å². The van der Waals surface area contributed by atoms with Crippen LogP contribution in [0.2, 0.25) is 0 Å². The number of halogens is 2. The summed E-state index contributed by atoms with van der Waals surface area (Å²) in [4.78, 5) is 29.4. The van der Waals surface area contributed by atoms with Crippen LogP contribution in [0.1, 0.15) is 15.6 Å². The second-order valence-electron chi connectivity index (χ2n) is 7.77. The molecule has 0 fully saturated rings. The fourth-order valence-electron chi connectivity index (χ4n) is 3.84. The van der Waals surface area contributed by atoms with Gasteiger partial charge in [0.2, 0.25) is 5.91 Å². The Bertz CT molecular complexity index is 1270. The Morgan fingerprint density at radius 3 is 2.55 bits per heavy atom. The van der Waals surface area contributed by atoms with E-state index in [1.165, 1.54) is 33.8 Å². The van der Waals surface area contributed by atoms with Crippen LogP contribution in [-0.4, -0.2) is 48.6 Å². The van der Waals surface area contributed by atoms with E-state index in [2.05, 4.69) is 20.1 Å². The lowest BCUT2D eigenvalue weighted by Crippen LogP contribution is -2.36. The van der Waals surface area contributed by atoms with Gasteiger partial charge in [-0.1, -0.05) is 0 Å². The Morgan fingerprint density at radius 1 is 1.03 bits per heavy atom. The highest BCUT2D eigenvalue weighted by Gasteiger charge is 2.23. The first-order valence-electron chi connectivity index (χ1n) is 10.5. The van der Waals surface area contributed by atoms with Crippen LogP contribution in [0.5, 0.6) is 0 Å². The molecule has 1 aromatic carbocycles. The Kier molecular flexibility index (Phi) is 5.67. The van der Waals surface area contributed by atoms with Gasteiger partial charge in [-0.2, -0.15) is 0 Å². The molecule has 0 atom stereocenters. The molecule has 1 aliphatic heterocycles. The summed E-state index contributed by atoms with van der Waals surface area (Å²) in [6.07, 6.45) is 2.59. The molecule has 4 aromatic rings. The number of carbonyl (C=O) groups excluding carboxylic acids is 1. The van der Waals surface area contributed by atoms with E-state index in [4.69, 9.17) is 0 Å². The number of hydrogen-bond donors (Lipinski definition) is 0. The maximum absolute atomic E-state index is 13.4. The van der Waals surface area contributed by atoms with Crippen molar-refractivity contribution in [2.24, 2.45) is 0 Å². The summed E-state index contributed by atoms with van der Waals surface area (Å²) < 4.78 is 28.2. The minimum atomic E-state index is -0.472. The molecule has 4 heterocycles. The first kappa shape index (κ1) is 21.3. The molecule has 1 amide bonds. The molecule has 3 aromatic heterocycles. The van der Waals surface area contributed by atoms with Gasteiger partial charge in [-0.3, -0.25) is 4.79 Å². The minimum absolute atomic E-state index is 0.0390. The molecule has 0 N–H and O–H groups in total. The number of aromatic nitrogens is 5. The zero-order valence-corrected chi connectivity index (χ0v) is 18.6. The van der Waals surface area contributed by atoms with Crippen molar-refractivity contribution >= 4 is 17.2 Å². The molecular formula is C23H20F2N6OS. The molecular weight excluding hydrogens is 446 g/mol. The second-order valence-corrected chi connectivity index (χ2v) is 9.06. The molecule has 0 saturated heterocycles. The van der Waals surface area contributed by atoms with Gasteiger partial charge < -0.3 is 4.90 Å². The Balaban J connectivity index is 1.42. The summed E-state index contributed by atoms with van der Waals surface area (Å²) >= 11 is 1.68. The highest BCUT2D eigenvalue weighted by atomic mass is 32.1. The Hall–Kier alpha value is -3.53. The Labute approximate surface area is 192 Å². The number of rotatable bonds is 4. The van der Waals surface area contributed by atoms with E-state index < -0.39 is 5.82 Å². The van der Waals surface area contributed by atoms with Crippen molar-refractivity contribution in [1.29, 1.82) is 0 Å². The SMILES string of the molecule is Cc1nc2c(s1)CCN(C(=O)Cn1nc(-c3ccc(F)cc3)nc1-c1ccc(F)cn1)CC2. The molecule has 0 spiro atoms. The van der Waals surface area contributed by atoms with Crippen LogP contribution in [0.3, 0.4) is 0 Å². The summed E-state index contributed by atoms with van der Waals surface area (Å²) in [6, 6.07) is 8.56. The number of amides is 1. The number of carbonyl (C=O) groups is 1. The maximum atomic E-state index is 13.4. The van der Waals surface area contributed by atoms with Gasteiger partial charge >= 0.3 is 0 Å². The molecule has 0 radical (unpaired) electrons. The zero-order valence-electron chi connectivity index (χ0n) is 17.8. The van der Waals surface area contributed by atoms with Crippen molar-refractivity contribution in [2.45, 2.75) is 26.3 Å². The minimum Gasteiger partial charge on any atom is -0.340 e. The van der Waals surface area contributed by atoms with Crippen molar-refractivity contribution in [3.63, 3.8) is 0 Å². The van der Waals surface area contributed by atoms with Gasteiger partial charge in [-0.15, -0.1) is 16.4 Å². The molecule has 5 rings (SSSR count). The van der Waals surface area contributed by atoms with E-state index in [0.717, 1.165) is 29.7 Å². The number of nitrogens with zero attached hydrogens (tertiary/aromatic N) is 6. The number of fused-ring (bicyclic) bond motifs is 1. The van der Waals surface area contributed by atoms with Crippen LogP contribution < -0.4 is 0 Å². The lowest BCUT2D eigenvalue weighted by atomic mass is 10.2. The van der Waals surface area contributed by atoms with Gasteiger partial charge in [0.25, 0.3) is 0 Å². The lowest BCUT2D eigenvalue weighted by Gasteiger charge is -2.20. The van der Waals surface area contributed by atoms with Crippen molar-refractivity contribution in [1.82, 2.24) is 29.6 Å². The van der Waals surface area contributed by atoms with Crippen LogP contribution in [0.25, 0.3) is 22.9 Å². The largest absolute Gasteiger partial charge is 0.340 e. The lowest BCUT2D eigenvalue weighted by molar-refractivity contribution is -0.131. The molecule has 0 saturated carbocycles. The average Bonchev–Trinajstić information content (AvgIpc) is 3.32. The van der Waals surface area contributed by atoms with Gasteiger partial charge in [-0.05, 0) is 43.3 Å². The topological polar surface area (TPSA) is 76.8 Å². The quantitative estimate of drug-likeness (QED) is 0.459. The fraction of sp³-hybridized carbons (Fsp3) is 0.261. The van der Waals surface area contributed by atoms with Gasteiger partial charge in [0, 0.05) is 36.4 Å². The molecule has 10 heteroatoms. The van der Waals surface area contributed by atoms with E-state index in [9.17, 15) is 13.6 Å². The maximum Gasteiger partial charge on any atom is 0.244 e. The van der Waals surface area contributed by atoms with Crippen LogP contribution in [0.15, 0.2) is 42.6 Å². The molecule has 7 nitrogen and oxygen atoms in total. The molecule has 168 valence electrons. The van der Waals surface area contributed by atoms with Crippen molar-refractivity contribution in [3.05, 3.63) is 69.8 Å². The van der Waals surface area contributed by atoms with Crippen molar-refractivity contribution in [3.8, 4) is 22.9 Å². The standard InChI is InChI=1S/C23H20F2N6OS/c1-14-27-18-8-10-30(11-9-20(18)33-14)21(32)13-31-23(19-7-6-17(25)12-26-19)28-22(29-31)15-2-4-16(24)5-3-15/h2-7,12H,8-11,13H2,1H3. The third-order valence-corrected chi connectivity index (χ3v) is 6.55. The summed E-state index contributed by atoms with van der Waals surface area (Å²) in [5.41, 5.74) is 2.07. The number of hydrogen-bond acceptors (Lipinski definition) is 6. The molecule has 1 aliphatic rings. The number of thiazole rings is 1. The van der Waals surface area contributed by atoms with E-state index in [0.29, 0.717) is 36.0 Å². The van der Waals surface area contributed by atoms with Crippen LogP contribution in [0.4, 0.5) is 8.78 Å². The van der Waals surface area contributed by atoms with Crippen LogP contribution in [0, 0.1) is 18.6 Å². The highest BCUT2D eigenvalue weighted by molar-refractivity contribution is 7.11. The first-order chi connectivity index (χ1) is 16.0. The normalized spacial score (nSPS) is 13.6. The molecule has 33 heavy (non-hydrogen) atoms. The van der Waals surface area contributed by atoms with Crippen molar-refractivity contribution in [2.75, 3.05) is 13.1 Å². The number of benzene rings is 1. The third kappa shape index (κ3) is 4.51. The predicted molar refractivity (Wildman–Crippen MR) is 119 cm³/mol. The van der Waals surface area contributed by atoms with E-state index in [1.807, 2.05) is 11.8 Å². The van der Waals surface area contributed by atoms with E-state index in [-0.39, 0.29) is 18.3 Å². The first-order valence-corrected chi connectivity index (χ1v) is 11.3. The monoisotopic (exact) mass is 466 g/mol. The van der Waals surface area contributed by atoms with Crippen LogP contribution >= 0.6 is 11.3 Å². The number of pyridine rings is 1. The Morgan fingerprint density at radius 2 is 1.79 bits per heavy atom. The third-order valence-electron chi connectivity index (χ3n) is 5.48. The van der Waals surface area contributed by atoms with Gasteiger partial charge in [0.05, 0.1) is 16.9 Å². The summed E-state index contributed by atoms with van der Waals surface area (Å²) in [5.74, 6) is -0.259. The van der Waals surface area contributed by atoms with E-state index >= 15 is 0 Å². The molecule has 0 bridgehead atoms. The second kappa shape index (κ2) is 8.78. The summed E-state index contributed by atoms with van der Waals surface area (Å²) in [7, 11) is 0.